The zero-order valence-corrected chi connectivity index (χ0v) is 19.3. The van der Waals surface area contributed by atoms with Gasteiger partial charge in [-0.05, 0) is 43.3 Å². The first-order chi connectivity index (χ1) is 15.1. The molecule has 2 aromatic carbocycles. The van der Waals surface area contributed by atoms with E-state index in [2.05, 4.69) is 5.32 Å². The number of piperazine rings is 1. The molecular weight excluding hydrogens is 454 g/mol. The van der Waals surface area contributed by atoms with Gasteiger partial charge < -0.3 is 15.1 Å². The van der Waals surface area contributed by atoms with Gasteiger partial charge in [0.05, 0.1) is 4.90 Å². The minimum Gasteiger partial charge on any atom is -0.339 e. The molecule has 32 heavy (non-hydrogen) atoms. The van der Waals surface area contributed by atoms with E-state index >= 15 is 0 Å². The predicted molar refractivity (Wildman–Crippen MR) is 120 cm³/mol. The summed E-state index contributed by atoms with van der Waals surface area (Å²) in [6.07, 6.45) is 0. The fourth-order valence-corrected chi connectivity index (χ4v) is 4.94. The fourth-order valence-electron chi connectivity index (χ4n) is 3.35. The van der Waals surface area contributed by atoms with Gasteiger partial charge >= 0.3 is 0 Å². The van der Waals surface area contributed by atoms with Crippen LogP contribution in [0.3, 0.4) is 0 Å². The average molecular weight is 478 g/mol. The van der Waals surface area contributed by atoms with Crippen molar-refractivity contribution in [3.63, 3.8) is 0 Å². The summed E-state index contributed by atoms with van der Waals surface area (Å²) in [6, 6.07) is 12.0. The highest BCUT2D eigenvalue weighted by molar-refractivity contribution is 7.92. The molecule has 1 atom stereocenters. The van der Waals surface area contributed by atoms with E-state index in [-0.39, 0.29) is 29.5 Å². The lowest BCUT2D eigenvalue weighted by Crippen LogP contribution is -2.57. The third-order valence-electron chi connectivity index (χ3n) is 5.29. The molecule has 0 spiro atoms. The van der Waals surface area contributed by atoms with E-state index in [0.29, 0.717) is 18.1 Å². The van der Waals surface area contributed by atoms with Crippen molar-refractivity contribution >= 4 is 39.2 Å². The lowest BCUT2D eigenvalue weighted by molar-refractivity contribution is -0.138. The minimum atomic E-state index is -4.24. The van der Waals surface area contributed by atoms with Crippen LogP contribution in [0.15, 0.2) is 53.4 Å². The van der Waals surface area contributed by atoms with E-state index in [1.807, 2.05) is 6.92 Å². The van der Waals surface area contributed by atoms with Crippen molar-refractivity contribution < 1.29 is 22.8 Å². The monoisotopic (exact) mass is 477 g/mol. The van der Waals surface area contributed by atoms with Crippen LogP contribution in [0.1, 0.15) is 22.8 Å². The number of sulfone groups is 1. The number of hydrogen-bond acceptors (Lipinski definition) is 5. The normalized spacial score (nSPS) is 15.2. The molecule has 0 saturated carbocycles. The quantitative estimate of drug-likeness (QED) is 0.708. The van der Waals surface area contributed by atoms with Crippen LogP contribution in [0.4, 0.5) is 0 Å². The van der Waals surface area contributed by atoms with Crippen LogP contribution in [-0.2, 0) is 19.4 Å². The zero-order chi connectivity index (χ0) is 23.5. The molecule has 3 rings (SSSR count). The van der Waals surface area contributed by atoms with E-state index in [0.717, 1.165) is 5.56 Å². The minimum absolute atomic E-state index is 0.0692. The summed E-state index contributed by atoms with van der Waals surface area (Å²) >= 11 is 5.86. The van der Waals surface area contributed by atoms with Crippen molar-refractivity contribution in [3.8, 4) is 0 Å². The third-order valence-corrected chi connectivity index (χ3v) is 7.41. The number of amides is 3. The van der Waals surface area contributed by atoms with E-state index in [4.69, 9.17) is 11.6 Å². The van der Waals surface area contributed by atoms with Gasteiger partial charge in [0, 0.05) is 43.7 Å². The Morgan fingerprint density at radius 1 is 0.906 bits per heavy atom. The molecule has 10 heteroatoms. The number of hydrogen-bond donors (Lipinski definition) is 1. The molecule has 1 heterocycles. The summed E-state index contributed by atoms with van der Waals surface area (Å²) in [6.45, 7) is 4.20. The van der Waals surface area contributed by atoms with Gasteiger partial charge in [0.2, 0.25) is 21.1 Å². The zero-order valence-electron chi connectivity index (χ0n) is 17.7. The van der Waals surface area contributed by atoms with E-state index in [9.17, 15) is 22.8 Å². The molecule has 1 N–H and O–H groups in total. The summed E-state index contributed by atoms with van der Waals surface area (Å²) < 4.78 is 26.7. The molecule has 1 saturated heterocycles. The Hall–Kier alpha value is -2.91. The fraction of sp³-hybridized carbons (Fsp3) is 0.318. The van der Waals surface area contributed by atoms with E-state index in [1.165, 1.54) is 48.2 Å². The highest BCUT2D eigenvalue weighted by Gasteiger charge is 2.39. The molecule has 8 nitrogen and oxygen atoms in total. The van der Waals surface area contributed by atoms with Crippen LogP contribution in [0.5, 0.6) is 0 Å². The van der Waals surface area contributed by atoms with Crippen molar-refractivity contribution in [2.45, 2.75) is 24.1 Å². The highest BCUT2D eigenvalue weighted by Crippen LogP contribution is 2.19. The van der Waals surface area contributed by atoms with Gasteiger partial charge in [0.25, 0.3) is 11.8 Å². The Morgan fingerprint density at radius 3 is 1.97 bits per heavy atom. The summed E-state index contributed by atoms with van der Waals surface area (Å²) in [5.74, 6) is -1.56. The molecule has 0 radical (unpaired) electrons. The molecule has 170 valence electrons. The van der Waals surface area contributed by atoms with Crippen molar-refractivity contribution in [2.24, 2.45) is 0 Å². The van der Waals surface area contributed by atoms with Crippen LogP contribution >= 0.6 is 11.6 Å². The number of aryl methyl sites for hydroxylation is 1. The summed E-state index contributed by atoms with van der Waals surface area (Å²) in [7, 11) is -4.24. The number of rotatable bonds is 5. The lowest BCUT2D eigenvalue weighted by Gasteiger charge is -2.36. The van der Waals surface area contributed by atoms with Gasteiger partial charge in [-0.3, -0.25) is 14.4 Å². The molecule has 1 fully saturated rings. The van der Waals surface area contributed by atoms with Gasteiger partial charge in [-0.25, -0.2) is 8.42 Å². The number of carbonyl (C=O) groups excluding carboxylic acids is 3. The van der Waals surface area contributed by atoms with Gasteiger partial charge in [-0.1, -0.05) is 29.3 Å². The smallest absolute Gasteiger partial charge is 0.261 e. The molecule has 0 aliphatic carbocycles. The second kappa shape index (κ2) is 9.70. The molecular formula is C22H24ClN3O5S. The molecule has 0 bridgehead atoms. The lowest BCUT2D eigenvalue weighted by atomic mass is 10.2. The first-order valence-electron chi connectivity index (χ1n) is 10.0. The first-order valence-corrected chi connectivity index (χ1v) is 11.9. The van der Waals surface area contributed by atoms with Gasteiger partial charge in [0.1, 0.15) is 0 Å². The number of carbonyl (C=O) groups is 3. The topological polar surface area (TPSA) is 104 Å². The Bertz CT molecular complexity index is 1110. The molecule has 0 aromatic heterocycles. The van der Waals surface area contributed by atoms with Crippen molar-refractivity contribution in [2.75, 3.05) is 26.2 Å². The van der Waals surface area contributed by atoms with Crippen LogP contribution < -0.4 is 5.32 Å². The van der Waals surface area contributed by atoms with Gasteiger partial charge in [-0.2, -0.15) is 0 Å². The van der Waals surface area contributed by atoms with Crippen molar-refractivity contribution in [3.05, 3.63) is 64.7 Å². The third kappa shape index (κ3) is 5.28. The second-order valence-corrected chi connectivity index (χ2v) is 10.0. The van der Waals surface area contributed by atoms with Crippen molar-refractivity contribution in [1.82, 2.24) is 15.1 Å². The second-order valence-electron chi connectivity index (χ2n) is 7.55. The summed E-state index contributed by atoms with van der Waals surface area (Å²) in [5.41, 5.74) is 1.03. The molecule has 0 unspecified atom stereocenters. The van der Waals surface area contributed by atoms with Crippen LogP contribution in [0, 0.1) is 6.92 Å². The van der Waals surface area contributed by atoms with Gasteiger partial charge in [-0.15, -0.1) is 0 Å². The van der Waals surface area contributed by atoms with Crippen LogP contribution in [0.25, 0.3) is 0 Å². The Balaban J connectivity index is 1.90. The van der Waals surface area contributed by atoms with Crippen LogP contribution in [-0.4, -0.2) is 67.5 Å². The SMILES string of the molecule is CC(=O)N1CCN(C(=O)[C@H](NC(=O)c2ccc(Cl)cc2)S(=O)(=O)c2ccc(C)cc2)CC1. The Morgan fingerprint density at radius 2 is 1.44 bits per heavy atom. The average Bonchev–Trinajstić information content (AvgIpc) is 2.77. The molecule has 1 aliphatic heterocycles. The maximum atomic E-state index is 13.4. The maximum absolute atomic E-state index is 13.4. The number of nitrogens with one attached hydrogen (secondary N) is 1. The number of halogens is 1. The van der Waals surface area contributed by atoms with Gasteiger partial charge in [0.15, 0.2) is 0 Å². The predicted octanol–water partition coefficient (Wildman–Crippen LogP) is 1.87. The van der Waals surface area contributed by atoms with Crippen molar-refractivity contribution in [1.29, 1.82) is 0 Å². The first kappa shape index (κ1) is 23.7. The Labute approximate surface area is 192 Å². The highest BCUT2D eigenvalue weighted by atomic mass is 35.5. The number of benzene rings is 2. The molecule has 2 aromatic rings. The van der Waals surface area contributed by atoms with E-state index < -0.39 is 27.0 Å². The summed E-state index contributed by atoms with van der Waals surface area (Å²) in [4.78, 5) is 40.5. The number of nitrogens with zero attached hydrogens (tertiary/aromatic N) is 2. The largest absolute Gasteiger partial charge is 0.339 e. The molecule has 3 amide bonds. The van der Waals surface area contributed by atoms with E-state index in [1.54, 1.807) is 17.0 Å². The standard InChI is InChI=1S/C22H24ClN3O5S/c1-15-3-9-19(10-4-15)32(30,31)21(24-20(28)17-5-7-18(23)8-6-17)22(29)26-13-11-25(12-14-26)16(2)27/h3-10,21H,11-14H2,1-2H3,(H,24,28)/t21-/m1/s1. The molecule has 1 aliphatic rings. The maximum Gasteiger partial charge on any atom is 0.261 e. The van der Waals surface area contributed by atoms with Crippen LogP contribution in [0.2, 0.25) is 5.02 Å². The Kier molecular flexibility index (Phi) is 7.20. The summed E-state index contributed by atoms with van der Waals surface area (Å²) in [5, 5.41) is 1.01.